The quantitative estimate of drug-likeness (QED) is 0.862. The van der Waals surface area contributed by atoms with Gasteiger partial charge >= 0.3 is 0 Å². The Hall–Kier alpha value is -0.760. The second-order valence-corrected chi connectivity index (χ2v) is 7.56. The van der Waals surface area contributed by atoms with Crippen molar-refractivity contribution in [2.75, 3.05) is 0 Å². The van der Waals surface area contributed by atoms with E-state index in [0.717, 1.165) is 25.2 Å². The fourth-order valence-corrected chi connectivity index (χ4v) is 4.66. The molecule has 1 N–H and O–H groups in total. The molecule has 2 aliphatic carbocycles. The lowest BCUT2D eigenvalue weighted by Crippen LogP contribution is -2.27. The Morgan fingerprint density at radius 2 is 2.05 bits per heavy atom. The number of rotatable bonds is 4. The number of aliphatic hydroxyl groups excluding tert-OH is 1. The van der Waals surface area contributed by atoms with Crippen LogP contribution in [0, 0.1) is 11.3 Å². The third-order valence-electron chi connectivity index (χ3n) is 5.38. The van der Waals surface area contributed by atoms with Gasteiger partial charge in [0, 0.05) is 24.0 Å². The summed E-state index contributed by atoms with van der Waals surface area (Å²) in [5, 5.41) is 10.1. The van der Waals surface area contributed by atoms with Gasteiger partial charge in [-0.2, -0.15) is 0 Å². The Labute approximate surface area is 123 Å². The van der Waals surface area contributed by atoms with Gasteiger partial charge in [-0.3, -0.25) is 0 Å². The van der Waals surface area contributed by atoms with Crippen molar-refractivity contribution in [3.05, 3.63) is 23.5 Å². The highest BCUT2D eigenvalue weighted by Crippen LogP contribution is 2.45. The Bertz CT molecular complexity index is 454. The topological polar surface area (TPSA) is 25.2 Å². The van der Waals surface area contributed by atoms with Crippen molar-refractivity contribution in [2.45, 2.75) is 77.9 Å². The van der Waals surface area contributed by atoms with Crippen LogP contribution in [0.25, 0.3) is 0 Å². The summed E-state index contributed by atoms with van der Waals surface area (Å²) in [6.45, 7) is 5.89. The average Bonchev–Trinajstić information content (AvgIpc) is 2.98. The van der Waals surface area contributed by atoms with Crippen molar-refractivity contribution >= 4 is 0 Å². The molecule has 0 bridgehead atoms. The van der Waals surface area contributed by atoms with Crippen molar-refractivity contribution in [3.8, 4) is 0 Å². The number of aliphatic hydroxyl groups is 1. The smallest absolute Gasteiger partial charge is 0.0807 e. The van der Waals surface area contributed by atoms with Crippen molar-refractivity contribution in [1.29, 1.82) is 0 Å². The van der Waals surface area contributed by atoms with E-state index >= 15 is 0 Å². The van der Waals surface area contributed by atoms with E-state index in [0.29, 0.717) is 5.41 Å². The van der Waals surface area contributed by atoms with E-state index in [-0.39, 0.29) is 6.10 Å². The summed E-state index contributed by atoms with van der Waals surface area (Å²) in [5.74, 6) is 0.782. The maximum absolute atomic E-state index is 10.1. The van der Waals surface area contributed by atoms with E-state index in [1.54, 1.807) is 0 Å². The zero-order chi connectivity index (χ0) is 14.2. The highest BCUT2D eigenvalue weighted by atomic mass is 16.3. The predicted molar refractivity (Wildman–Crippen MR) is 82.7 cm³/mol. The Kier molecular flexibility index (Phi) is 3.94. The molecule has 1 unspecified atom stereocenters. The van der Waals surface area contributed by atoms with Crippen molar-refractivity contribution in [2.24, 2.45) is 11.3 Å². The summed E-state index contributed by atoms with van der Waals surface area (Å²) >= 11 is 0. The molecule has 0 saturated heterocycles. The molecule has 0 spiro atoms. The van der Waals surface area contributed by atoms with E-state index < -0.39 is 0 Å². The second kappa shape index (κ2) is 5.55. The standard InChI is InChI=1S/C18H29NO/c1-14(2)12-18(9-3-4-10-18)13-19-11-8-15-16(19)6-5-7-17(15)20/h8,11,14,17,20H,3-7,9-10,12-13H2,1-2H3. The van der Waals surface area contributed by atoms with Gasteiger partial charge in [-0.05, 0) is 55.9 Å². The summed E-state index contributed by atoms with van der Waals surface area (Å²) in [5.41, 5.74) is 3.14. The lowest BCUT2D eigenvalue weighted by Gasteiger charge is -2.33. The van der Waals surface area contributed by atoms with Gasteiger partial charge in [-0.25, -0.2) is 0 Å². The summed E-state index contributed by atoms with van der Waals surface area (Å²) in [7, 11) is 0. The first-order chi connectivity index (χ1) is 9.60. The molecule has 1 atom stereocenters. The zero-order valence-electron chi connectivity index (χ0n) is 13.1. The number of nitrogens with zero attached hydrogens (tertiary/aromatic N) is 1. The van der Waals surface area contributed by atoms with Crippen LogP contribution < -0.4 is 0 Å². The molecular formula is C18H29NO. The minimum absolute atomic E-state index is 0.218. The molecule has 1 saturated carbocycles. The van der Waals surface area contributed by atoms with Crippen LogP contribution in [-0.2, 0) is 13.0 Å². The highest BCUT2D eigenvalue weighted by Gasteiger charge is 2.35. The third kappa shape index (κ3) is 2.67. The molecule has 0 radical (unpaired) electrons. The lowest BCUT2D eigenvalue weighted by molar-refractivity contribution is 0.153. The molecule has 0 amide bonds. The SMILES string of the molecule is CC(C)CC1(Cn2ccc3c2CCCC3O)CCCC1. The molecule has 1 fully saturated rings. The van der Waals surface area contributed by atoms with Crippen molar-refractivity contribution in [3.63, 3.8) is 0 Å². The van der Waals surface area contributed by atoms with Gasteiger partial charge in [-0.1, -0.05) is 26.7 Å². The first-order valence-electron chi connectivity index (χ1n) is 8.46. The highest BCUT2D eigenvalue weighted by molar-refractivity contribution is 5.27. The molecule has 2 nitrogen and oxygen atoms in total. The van der Waals surface area contributed by atoms with E-state index in [4.69, 9.17) is 0 Å². The minimum Gasteiger partial charge on any atom is -0.388 e. The first kappa shape index (κ1) is 14.2. The molecule has 1 heterocycles. The van der Waals surface area contributed by atoms with Crippen LogP contribution >= 0.6 is 0 Å². The van der Waals surface area contributed by atoms with E-state index in [1.165, 1.54) is 49.9 Å². The predicted octanol–water partition coefficient (Wildman–Crippen LogP) is 4.46. The number of fused-ring (bicyclic) bond motifs is 1. The van der Waals surface area contributed by atoms with Crippen LogP contribution in [0.3, 0.4) is 0 Å². The summed E-state index contributed by atoms with van der Waals surface area (Å²) in [6, 6.07) is 2.16. The molecule has 1 aromatic rings. The summed E-state index contributed by atoms with van der Waals surface area (Å²) in [6.07, 6.45) is 12.2. The Balaban J connectivity index is 1.82. The van der Waals surface area contributed by atoms with Crippen LogP contribution in [0.2, 0.25) is 0 Å². The Morgan fingerprint density at radius 1 is 1.30 bits per heavy atom. The number of aromatic nitrogens is 1. The molecule has 3 rings (SSSR count). The molecule has 0 aliphatic heterocycles. The normalized spacial score (nSPS) is 25.1. The zero-order valence-corrected chi connectivity index (χ0v) is 13.1. The van der Waals surface area contributed by atoms with Gasteiger partial charge in [0.2, 0.25) is 0 Å². The van der Waals surface area contributed by atoms with E-state index in [2.05, 4.69) is 30.7 Å². The lowest BCUT2D eigenvalue weighted by atomic mass is 9.78. The number of hydrogen-bond donors (Lipinski definition) is 1. The van der Waals surface area contributed by atoms with Crippen LogP contribution in [0.1, 0.15) is 76.2 Å². The maximum Gasteiger partial charge on any atom is 0.0807 e. The fourth-order valence-electron chi connectivity index (χ4n) is 4.66. The van der Waals surface area contributed by atoms with Gasteiger partial charge < -0.3 is 9.67 Å². The third-order valence-corrected chi connectivity index (χ3v) is 5.38. The van der Waals surface area contributed by atoms with E-state index in [1.807, 2.05) is 0 Å². The summed E-state index contributed by atoms with van der Waals surface area (Å²) < 4.78 is 2.48. The molecule has 1 aromatic heterocycles. The van der Waals surface area contributed by atoms with Crippen LogP contribution in [-0.4, -0.2) is 9.67 Å². The fraction of sp³-hybridized carbons (Fsp3) is 0.778. The molecular weight excluding hydrogens is 246 g/mol. The second-order valence-electron chi connectivity index (χ2n) is 7.56. The molecule has 112 valence electrons. The first-order valence-corrected chi connectivity index (χ1v) is 8.46. The van der Waals surface area contributed by atoms with Crippen LogP contribution in [0.15, 0.2) is 12.3 Å². The van der Waals surface area contributed by atoms with Crippen molar-refractivity contribution in [1.82, 2.24) is 4.57 Å². The van der Waals surface area contributed by atoms with Crippen LogP contribution in [0.4, 0.5) is 0 Å². The largest absolute Gasteiger partial charge is 0.388 e. The monoisotopic (exact) mass is 275 g/mol. The van der Waals surface area contributed by atoms with E-state index in [9.17, 15) is 5.11 Å². The maximum atomic E-state index is 10.1. The number of hydrogen-bond acceptors (Lipinski definition) is 1. The van der Waals surface area contributed by atoms with Gasteiger partial charge in [-0.15, -0.1) is 0 Å². The van der Waals surface area contributed by atoms with Crippen LogP contribution in [0.5, 0.6) is 0 Å². The van der Waals surface area contributed by atoms with Crippen molar-refractivity contribution < 1.29 is 5.11 Å². The van der Waals surface area contributed by atoms with Gasteiger partial charge in [0.25, 0.3) is 0 Å². The molecule has 2 aliphatic rings. The molecule has 0 aromatic carbocycles. The molecule has 20 heavy (non-hydrogen) atoms. The van der Waals surface area contributed by atoms with Gasteiger partial charge in [0.15, 0.2) is 0 Å². The molecule has 2 heteroatoms. The minimum atomic E-state index is -0.218. The van der Waals surface area contributed by atoms with Gasteiger partial charge in [0.05, 0.1) is 6.10 Å². The van der Waals surface area contributed by atoms with Gasteiger partial charge in [0.1, 0.15) is 0 Å². The summed E-state index contributed by atoms with van der Waals surface area (Å²) in [4.78, 5) is 0. The Morgan fingerprint density at radius 3 is 2.75 bits per heavy atom. The average molecular weight is 275 g/mol.